The Kier molecular flexibility index (Phi) is 3.16. The molecule has 0 radical (unpaired) electrons. The van der Waals surface area contributed by atoms with Gasteiger partial charge in [-0.1, -0.05) is 0 Å². The minimum atomic E-state index is -0.441. The van der Waals surface area contributed by atoms with Crippen molar-refractivity contribution in [3.8, 4) is 0 Å². The largest absolute Gasteiger partial charge is 0.381 e. The zero-order chi connectivity index (χ0) is 8.10. The molecule has 1 fully saturated rings. The van der Waals surface area contributed by atoms with Crippen molar-refractivity contribution in [3.05, 3.63) is 0 Å². The molecule has 3 N–H and O–H groups in total. The molecule has 0 bridgehead atoms. The van der Waals surface area contributed by atoms with E-state index in [9.17, 15) is 4.79 Å². The van der Waals surface area contributed by atoms with E-state index in [1.165, 1.54) is 0 Å². The molecule has 0 aromatic carbocycles. The number of primary amides is 1. The Labute approximate surface area is 66.1 Å². The van der Waals surface area contributed by atoms with Crippen molar-refractivity contribution in [2.75, 3.05) is 19.8 Å². The van der Waals surface area contributed by atoms with Crippen LogP contribution in [0, 0.1) is 5.92 Å². The first-order chi connectivity index (χ1) is 5.29. The van der Waals surface area contributed by atoms with Gasteiger partial charge in [-0.2, -0.15) is 0 Å². The van der Waals surface area contributed by atoms with E-state index in [1.807, 2.05) is 0 Å². The summed E-state index contributed by atoms with van der Waals surface area (Å²) >= 11 is 0. The third kappa shape index (κ3) is 3.23. The Morgan fingerprint density at radius 1 is 1.73 bits per heavy atom. The summed E-state index contributed by atoms with van der Waals surface area (Å²) in [7, 11) is 0. The maximum Gasteiger partial charge on any atom is 0.312 e. The predicted molar refractivity (Wildman–Crippen MR) is 41.1 cm³/mol. The molecule has 1 unspecified atom stereocenters. The van der Waals surface area contributed by atoms with Crippen LogP contribution in [0.5, 0.6) is 0 Å². The fraction of sp³-hybridized carbons (Fsp3) is 0.857. The monoisotopic (exact) mass is 158 g/mol. The lowest BCUT2D eigenvalue weighted by atomic mass is 10.1. The summed E-state index contributed by atoms with van der Waals surface area (Å²) in [6, 6.07) is -0.441. The van der Waals surface area contributed by atoms with Crippen LogP contribution in [-0.4, -0.2) is 25.8 Å². The summed E-state index contributed by atoms with van der Waals surface area (Å²) in [6.45, 7) is 2.37. The Balaban J connectivity index is 1.98. The molecule has 1 aliphatic rings. The Morgan fingerprint density at radius 3 is 3.09 bits per heavy atom. The number of nitrogens with one attached hydrogen (secondary N) is 1. The number of rotatable bonds is 3. The zero-order valence-electron chi connectivity index (χ0n) is 6.51. The summed E-state index contributed by atoms with van der Waals surface area (Å²) in [5.41, 5.74) is 4.90. The van der Waals surface area contributed by atoms with Crippen LogP contribution in [0.4, 0.5) is 4.79 Å². The molecule has 4 nitrogen and oxygen atoms in total. The second kappa shape index (κ2) is 4.18. The second-order valence-electron chi connectivity index (χ2n) is 2.81. The van der Waals surface area contributed by atoms with E-state index in [4.69, 9.17) is 10.5 Å². The molecule has 0 aliphatic carbocycles. The number of ether oxygens (including phenoxy) is 1. The lowest BCUT2D eigenvalue weighted by Crippen LogP contribution is -2.31. The molecule has 1 atom stereocenters. The van der Waals surface area contributed by atoms with Gasteiger partial charge in [0.1, 0.15) is 0 Å². The maximum atomic E-state index is 10.3. The van der Waals surface area contributed by atoms with Crippen molar-refractivity contribution in [1.82, 2.24) is 5.32 Å². The Morgan fingerprint density at radius 2 is 2.55 bits per heavy atom. The minimum Gasteiger partial charge on any atom is -0.381 e. The minimum absolute atomic E-state index is 0.441. The van der Waals surface area contributed by atoms with Gasteiger partial charge in [-0.25, -0.2) is 4.79 Å². The highest BCUT2D eigenvalue weighted by molar-refractivity contribution is 5.71. The second-order valence-corrected chi connectivity index (χ2v) is 2.81. The zero-order valence-corrected chi connectivity index (χ0v) is 6.51. The van der Waals surface area contributed by atoms with E-state index >= 15 is 0 Å². The number of hydrogen-bond donors (Lipinski definition) is 2. The van der Waals surface area contributed by atoms with Gasteiger partial charge in [0, 0.05) is 19.8 Å². The summed E-state index contributed by atoms with van der Waals surface area (Å²) < 4.78 is 5.17. The van der Waals surface area contributed by atoms with Crippen LogP contribution in [0.3, 0.4) is 0 Å². The Hall–Kier alpha value is -0.770. The summed E-state index contributed by atoms with van der Waals surface area (Å²) in [5.74, 6) is 0.613. The number of hydrogen-bond acceptors (Lipinski definition) is 2. The third-order valence-electron chi connectivity index (χ3n) is 1.88. The smallest absolute Gasteiger partial charge is 0.312 e. The van der Waals surface area contributed by atoms with Crippen LogP contribution in [0.1, 0.15) is 12.8 Å². The molecule has 0 spiro atoms. The SMILES string of the molecule is NC(=O)NCCC1CCOC1. The molecule has 11 heavy (non-hydrogen) atoms. The maximum absolute atomic E-state index is 10.3. The Bertz CT molecular complexity index is 132. The normalized spacial score (nSPS) is 23.5. The lowest BCUT2D eigenvalue weighted by Gasteiger charge is -2.06. The highest BCUT2D eigenvalue weighted by Crippen LogP contribution is 2.14. The molecule has 4 heteroatoms. The predicted octanol–water partition coefficient (Wildman–Crippen LogP) is 0.0813. The van der Waals surface area contributed by atoms with E-state index in [-0.39, 0.29) is 0 Å². The molecule has 0 saturated carbocycles. The van der Waals surface area contributed by atoms with Crippen molar-refractivity contribution in [1.29, 1.82) is 0 Å². The first-order valence-corrected chi connectivity index (χ1v) is 3.90. The fourth-order valence-corrected chi connectivity index (χ4v) is 1.21. The number of urea groups is 1. The first kappa shape index (κ1) is 8.33. The number of carbonyl (C=O) groups excluding carboxylic acids is 1. The topological polar surface area (TPSA) is 64.4 Å². The van der Waals surface area contributed by atoms with Crippen molar-refractivity contribution in [2.45, 2.75) is 12.8 Å². The van der Waals surface area contributed by atoms with Crippen molar-refractivity contribution in [2.24, 2.45) is 11.7 Å². The van der Waals surface area contributed by atoms with Gasteiger partial charge >= 0.3 is 6.03 Å². The van der Waals surface area contributed by atoms with Crippen LogP contribution in [-0.2, 0) is 4.74 Å². The molecule has 64 valence electrons. The van der Waals surface area contributed by atoms with Crippen molar-refractivity contribution in [3.63, 3.8) is 0 Å². The number of nitrogens with two attached hydrogens (primary N) is 1. The van der Waals surface area contributed by atoms with Gasteiger partial charge in [-0.15, -0.1) is 0 Å². The van der Waals surface area contributed by atoms with Crippen molar-refractivity contribution < 1.29 is 9.53 Å². The van der Waals surface area contributed by atoms with Gasteiger partial charge in [0.25, 0.3) is 0 Å². The summed E-state index contributed by atoms with van der Waals surface area (Å²) in [6.07, 6.45) is 2.09. The lowest BCUT2D eigenvalue weighted by molar-refractivity contribution is 0.184. The third-order valence-corrected chi connectivity index (χ3v) is 1.88. The number of amides is 2. The van der Waals surface area contributed by atoms with Crippen LogP contribution < -0.4 is 11.1 Å². The van der Waals surface area contributed by atoms with Gasteiger partial charge in [0.15, 0.2) is 0 Å². The van der Waals surface area contributed by atoms with E-state index in [1.54, 1.807) is 0 Å². The van der Waals surface area contributed by atoms with E-state index in [0.717, 1.165) is 26.1 Å². The molecule has 1 aliphatic heterocycles. The van der Waals surface area contributed by atoms with Gasteiger partial charge < -0.3 is 15.8 Å². The fourth-order valence-electron chi connectivity index (χ4n) is 1.21. The van der Waals surface area contributed by atoms with Gasteiger partial charge in [-0.05, 0) is 18.8 Å². The summed E-state index contributed by atoms with van der Waals surface area (Å²) in [5, 5.41) is 2.56. The van der Waals surface area contributed by atoms with E-state index < -0.39 is 6.03 Å². The average Bonchev–Trinajstić information content (AvgIpc) is 2.39. The van der Waals surface area contributed by atoms with Gasteiger partial charge in [-0.3, -0.25) is 0 Å². The molecule has 0 aromatic heterocycles. The van der Waals surface area contributed by atoms with E-state index in [0.29, 0.717) is 12.5 Å². The molecule has 1 rings (SSSR count). The van der Waals surface area contributed by atoms with Crippen LogP contribution in [0.15, 0.2) is 0 Å². The van der Waals surface area contributed by atoms with Crippen LogP contribution in [0.25, 0.3) is 0 Å². The van der Waals surface area contributed by atoms with E-state index in [2.05, 4.69) is 5.32 Å². The molecule has 1 saturated heterocycles. The first-order valence-electron chi connectivity index (χ1n) is 3.90. The van der Waals surface area contributed by atoms with Crippen molar-refractivity contribution >= 4 is 6.03 Å². The molecular weight excluding hydrogens is 144 g/mol. The van der Waals surface area contributed by atoms with Gasteiger partial charge in [0.05, 0.1) is 0 Å². The quantitative estimate of drug-likeness (QED) is 0.611. The highest BCUT2D eigenvalue weighted by Gasteiger charge is 2.14. The molecule has 2 amide bonds. The van der Waals surface area contributed by atoms with Crippen LogP contribution in [0.2, 0.25) is 0 Å². The summed E-state index contributed by atoms with van der Waals surface area (Å²) in [4.78, 5) is 10.3. The molecule has 1 heterocycles. The van der Waals surface area contributed by atoms with Crippen LogP contribution >= 0.6 is 0 Å². The molecule has 0 aromatic rings. The standard InChI is InChI=1S/C7H14N2O2/c8-7(10)9-3-1-6-2-4-11-5-6/h6H,1-5H2,(H3,8,9,10). The number of carbonyl (C=O) groups is 1. The highest BCUT2D eigenvalue weighted by atomic mass is 16.5. The molecular formula is C7H14N2O2. The average molecular weight is 158 g/mol. The van der Waals surface area contributed by atoms with Gasteiger partial charge in [0.2, 0.25) is 0 Å².